The summed E-state index contributed by atoms with van der Waals surface area (Å²) in [4.78, 5) is 16.6. The third kappa shape index (κ3) is 3.25. The van der Waals surface area contributed by atoms with Gasteiger partial charge >= 0.3 is 0 Å². The SMILES string of the molecule is O=c1[nH]ccc2cc(O[C@@H]3CCN(CCCO)C3)ccc12. The highest BCUT2D eigenvalue weighted by molar-refractivity contribution is 5.82. The molecule has 1 aromatic carbocycles. The number of aliphatic hydroxyl groups is 1. The molecule has 1 aliphatic rings. The monoisotopic (exact) mass is 288 g/mol. The number of benzene rings is 1. The van der Waals surface area contributed by atoms with Gasteiger partial charge in [-0.3, -0.25) is 9.69 Å². The number of rotatable bonds is 5. The van der Waals surface area contributed by atoms with Crippen molar-refractivity contribution in [2.24, 2.45) is 0 Å². The second kappa shape index (κ2) is 6.28. The van der Waals surface area contributed by atoms with Crippen molar-refractivity contribution in [1.29, 1.82) is 0 Å². The van der Waals surface area contributed by atoms with E-state index in [0.29, 0.717) is 5.39 Å². The summed E-state index contributed by atoms with van der Waals surface area (Å²) in [6.45, 7) is 3.07. The van der Waals surface area contributed by atoms with Gasteiger partial charge in [0.25, 0.3) is 5.56 Å². The molecule has 112 valence electrons. The zero-order valence-corrected chi connectivity index (χ0v) is 11.9. The van der Waals surface area contributed by atoms with Crippen molar-refractivity contribution in [1.82, 2.24) is 9.88 Å². The highest BCUT2D eigenvalue weighted by atomic mass is 16.5. The lowest BCUT2D eigenvalue weighted by Gasteiger charge is -2.16. The molecule has 0 radical (unpaired) electrons. The first-order valence-electron chi connectivity index (χ1n) is 7.37. The average Bonchev–Trinajstić information content (AvgIpc) is 2.93. The molecule has 0 spiro atoms. The zero-order chi connectivity index (χ0) is 14.7. The van der Waals surface area contributed by atoms with Crippen molar-refractivity contribution >= 4 is 10.8 Å². The molecule has 0 aliphatic carbocycles. The van der Waals surface area contributed by atoms with Gasteiger partial charge in [0.05, 0.1) is 0 Å². The van der Waals surface area contributed by atoms with Crippen molar-refractivity contribution in [2.75, 3.05) is 26.2 Å². The molecule has 5 heteroatoms. The number of likely N-dealkylation sites (tertiary alicyclic amines) is 1. The summed E-state index contributed by atoms with van der Waals surface area (Å²) >= 11 is 0. The molecule has 0 unspecified atom stereocenters. The zero-order valence-electron chi connectivity index (χ0n) is 11.9. The van der Waals surface area contributed by atoms with Crippen LogP contribution in [0.1, 0.15) is 12.8 Å². The molecule has 0 saturated carbocycles. The quantitative estimate of drug-likeness (QED) is 0.872. The molecule has 3 rings (SSSR count). The normalized spacial score (nSPS) is 19.2. The van der Waals surface area contributed by atoms with Gasteiger partial charge in [0.2, 0.25) is 0 Å². The number of hydrogen-bond donors (Lipinski definition) is 2. The maximum absolute atomic E-state index is 11.7. The molecular weight excluding hydrogens is 268 g/mol. The summed E-state index contributed by atoms with van der Waals surface area (Å²) in [5.74, 6) is 0.808. The number of ether oxygens (including phenoxy) is 1. The van der Waals surface area contributed by atoms with Crippen molar-refractivity contribution in [3.8, 4) is 5.75 Å². The molecule has 1 saturated heterocycles. The van der Waals surface area contributed by atoms with Gasteiger partial charge in [-0.05, 0) is 42.5 Å². The number of pyridine rings is 1. The van der Waals surface area contributed by atoms with Gasteiger partial charge in [-0.2, -0.15) is 0 Å². The van der Waals surface area contributed by atoms with E-state index in [2.05, 4.69) is 9.88 Å². The van der Waals surface area contributed by atoms with Crippen molar-refractivity contribution in [3.63, 3.8) is 0 Å². The van der Waals surface area contributed by atoms with E-state index in [1.807, 2.05) is 24.3 Å². The lowest BCUT2D eigenvalue weighted by molar-refractivity contribution is 0.193. The second-order valence-corrected chi connectivity index (χ2v) is 5.46. The highest BCUT2D eigenvalue weighted by Crippen LogP contribution is 2.22. The Morgan fingerprint density at radius 1 is 1.38 bits per heavy atom. The summed E-state index contributed by atoms with van der Waals surface area (Å²) in [5, 5.41) is 10.4. The van der Waals surface area contributed by atoms with Crippen LogP contribution in [0.2, 0.25) is 0 Å². The standard InChI is InChI=1S/C16H20N2O3/c19-9-1-7-18-8-5-14(11-18)21-13-2-3-15-12(10-13)4-6-17-16(15)20/h2-4,6,10,14,19H,1,5,7-9,11H2,(H,17,20)/t14-/m1/s1. The Kier molecular flexibility index (Phi) is 4.22. The van der Waals surface area contributed by atoms with Crippen LogP contribution in [0.4, 0.5) is 0 Å². The van der Waals surface area contributed by atoms with Crippen LogP contribution >= 0.6 is 0 Å². The maximum atomic E-state index is 11.7. The van der Waals surface area contributed by atoms with E-state index in [1.165, 1.54) is 0 Å². The molecule has 21 heavy (non-hydrogen) atoms. The van der Waals surface area contributed by atoms with Crippen LogP contribution in [0, 0.1) is 0 Å². The van der Waals surface area contributed by atoms with E-state index < -0.39 is 0 Å². The second-order valence-electron chi connectivity index (χ2n) is 5.46. The molecule has 1 fully saturated rings. The average molecular weight is 288 g/mol. The van der Waals surface area contributed by atoms with Crippen LogP contribution in [-0.2, 0) is 0 Å². The van der Waals surface area contributed by atoms with Crippen molar-refractivity contribution in [2.45, 2.75) is 18.9 Å². The summed E-state index contributed by atoms with van der Waals surface area (Å²) < 4.78 is 6.02. The Balaban J connectivity index is 1.67. The summed E-state index contributed by atoms with van der Waals surface area (Å²) in [5.41, 5.74) is -0.0740. The Hall–Kier alpha value is -1.85. The Bertz CT molecular complexity index is 668. The minimum Gasteiger partial charge on any atom is -0.489 e. The first-order valence-corrected chi connectivity index (χ1v) is 7.37. The number of aromatic nitrogens is 1. The fourth-order valence-corrected chi connectivity index (χ4v) is 2.83. The van der Waals surface area contributed by atoms with Crippen LogP contribution in [0.5, 0.6) is 5.75 Å². The number of aliphatic hydroxyl groups excluding tert-OH is 1. The minimum absolute atomic E-state index is 0.0740. The predicted octanol–water partition coefficient (Wildman–Crippen LogP) is 1.36. The number of fused-ring (bicyclic) bond motifs is 1. The van der Waals surface area contributed by atoms with E-state index in [0.717, 1.165) is 43.6 Å². The van der Waals surface area contributed by atoms with Crippen molar-refractivity contribution < 1.29 is 9.84 Å². The molecular formula is C16H20N2O3. The fourth-order valence-electron chi connectivity index (χ4n) is 2.83. The molecule has 5 nitrogen and oxygen atoms in total. The molecule has 0 amide bonds. The van der Waals surface area contributed by atoms with E-state index in [9.17, 15) is 4.79 Å². The van der Waals surface area contributed by atoms with E-state index >= 15 is 0 Å². The highest BCUT2D eigenvalue weighted by Gasteiger charge is 2.23. The molecule has 2 aromatic rings. The predicted molar refractivity (Wildman–Crippen MR) is 81.7 cm³/mol. The van der Waals surface area contributed by atoms with E-state index in [1.54, 1.807) is 6.20 Å². The molecule has 1 atom stereocenters. The Labute approximate surface area is 123 Å². The van der Waals surface area contributed by atoms with E-state index in [-0.39, 0.29) is 18.3 Å². The molecule has 2 N–H and O–H groups in total. The van der Waals surface area contributed by atoms with Crippen LogP contribution in [0.15, 0.2) is 35.3 Å². The molecule has 0 bridgehead atoms. The minimum atomic E-state index is -0.0740. The first kappa shape index (κ1) is 14.1. The molecule has 2 heterocycles. The third-order valence-electron chi connectivity index (χ3n) is 3.91. The van der Waals surface area contributed by atoms with Gasteiger partial charge < -0.3 is 14.8 Å². The van der Waals surface area contributed by atoms with Crippen molar-refractivity contribution in [3.05, 3.63) is 40.8 Å². The largest absolute Gasteiger partial charge is 0.489 e. The summed E-state index contributed by atoms with van der Waals surface area (Å²) in [6.07, 6.45) is 3.65. The Morgan fingerprint density at radius 3 is 3.14 bits per heavy atom. The van der Waals surface area contributed by atoms with Gasteiger partial charge in [0.15, 0.2) is 0 Å². The van der Waals surface area contributed by atoms with Gasteiger partial charge in [0.1, 0.15) is 11.9 Å². The third-order valence-corrected chi connectivity index (χ3v) is 3.91. The van der Waals surface area contributed by atoms with Gasteiger partial charge in [-0.15, -0.1) is 0 Å². The molecule has 1 aliphatic heterocycles. The number of H-pyrrole nitrogens is 1. The summed E-state index contributed by atoms with van der Waals surface area (Å²) in [7, 11) is 0. The lowest BCUT2D eigenvalue weighted by atomic mass is 10.1. The van der Waals surface area contributed by atoms with Gasteiger partial charge in [-0.1, -0.05) is 0 Å². The Morgan fingerprint density at radius 2 is 2.29 bits per heavy atom. The fraction of sp³-hybridized carbons (Fsp3) is 0.438. The van der Waals surface area contributed by atoms with Crippen LogP contribution in [-0.4, -0.2) is 47.3 Å². The number of hydrogen-bond acceptors (Lipinski definition) is 4. The number of nitrogens with one attached hydrogen (secondary N) is 1. The number of aromatic amines is 1. The van der Waals surface area contributed by atoms with Crippen LogP contribution in [0.3, 0.4) is 0 Å². The summed E-state index contributed by atoms with van der Waals surface area (Å²) in [6, 6.07) is 7.46. The molecule has 1 aromatic heterocycles. The maximum Gasteiger partial charge on any atom is 0.255 e. The lowest BCUT2D eigenvalue weighted by Crippen LogP contribution is -2.26. The van der Waals surface area contributed by atoms with Gasteiger partial charge in [0, 0.05) is 37.8 Å². The van der Waals surface area contributed by atoms with Crippen LogP contribution in [0.25, 0.3) is 10.8 Å². The van der Waals surface area contributed by atoms with Gasteiger partial charge in [-0.25, -0.2) is 0 Å². The first-order chi connectivity index (χ1) is 10.3. The number of nitrogens with zero attached hydrogens (tertiary/aromatic N) is 1. The topological polar surface area (TPSA) is 65.6 Å². The van der Waals surface area contributed by atoms with E-state index in [4.69, 9.17) is 9.84 Å². The smallest absolute Gasteiger partial charge is 0.255 e. The van der Waals surface area contributed by atoms with Crippen LogP contribution < -0.4 is 10.3 Å².